The van der Waals surface area contributed by atoms with E-state index in [0.29, 0.717) is 5.58 Å². The maximum absolute atomic E-state index is 12.2. The number of benzene rings is 1. The largest absolute Gasteiger partial charge is 0.451 e. The van der Waals surface area contributed by atoms with Gasteiger partial charge in [0.25, 0.3) is 5.91 Å². The van der Waals surface area contributed by atoms with Crippen molar-refractivity contribution in [1.82, 2.24) is 5.32 Å². The molecular weight excluding hydrogens is 270 g/mol. The molecule has 112 valence electrons. The highest BCUT2D eigenvalue weighted by Gasteiger charge is 2.23. The number of nitrogens with two attached hydrogens (primary N) is 1. The standard InChI is InChI=1S/C15H19N3O3/c1-8(2)13(14(16)18-20)17-15(19)12-7-10-6-9(3)4-5-11(10)21-12/h4-8,13,20H,1-3H3,(H2,16,18)(H,17,19). The summed E-state index contributed by atoms with van der Waals surface area (Å²) < 4.78 is 5.52. The lowest BCUT2D eigenvalue weighted by molar-refractivity contribution is 0.0913. The second-order valence-corrected chi connectivity index (χ2v) is 5.37. The summed E-state index contributed by atoms with van der Waals surface area (Å²) in [4.78, 5) is 12.2. The fourth-order valence-corrected chi connectivity index (χ4v) is 2.13. The predicted octanol–water partition coefficient (Wildman–Crippen LogP) is 2.24. The topological polar surface area (TPSA) is 101 Å². The Labute approximate surface area is 122 Å². The molecule has 0 bridgehead atoms. The van der Waals surface area contributed by atoms with Crippen LogP contribution in [0, 0.1) is 12.8 Å². The zero-order valence-electron chi connectivity index (χ0n) is 12.3. The summed E-state index contributed by atoms with van der Waals surface area (Å²) in [6, 6.07) is 6.81. The maximum Gasteiger partial charge on any atom is 0.287 e. The van der Waals surface area contributed by atoms with Crippen molar-refractivity contribution in [2.45, 2.75) is 26.8 Å². The first-order valence-corrected chi connectivity index (χ1v) is 6.71. The lowest BCUT2D eigenvalue weighted by atomic mass is 10.0. The van der Waals surface area contributed by atoms with Crippen molar-refractivity contribution >= 4 is 22.7 Å². The van der Waals surface area contributed by atoms with Gasteiger partial charge >= 0.3 is 0 Å². The summed E-state index contributed by atoms with van der Waals surface area (Å²) >= 11 is 0. The van der Waals surface area contributed by atoms with Crippen molar-refractivity contribution in [3.8, 4) is 0 Å². The third-order valence-corrected chi connectivity index (χ3v) is 3.28. The van der Waals surface area contributed by atoms with Crippen LogP contribution in [0.5, 0.6) is 0 Å². The van der Waals surface area contributed by atoms with E-state index in [1.165, 1.54) is 0 Å². The van der Waals surface area contributed by atoms with Crippen LogP contribution in [0.1, 0.15) is 30.0 Å². The number of carbonyl (C=O) groups excluding carboxylic acids is 1. The Kier molecular flexibility index (Phi) is 4.16. The maximum atomic E-state index is 12.2. The summed E-state index contributed by atoms with van der Waals surface area (Å²) in [5, 5.41) is 15.3. The van der Waals surface area contributed by atoms with E-state index < -0.39 is 11.9 Å². The van der Waals surface area contributed by atoms with Crippen LogP contribution in [-0.4, -0.2) is 23.0 Å². The highest BCUT2D eigenvalue weighted by molar-refractivity contribution is 5.99. The Morgan fingerprint density at radius 2 is 2.10 bits per heavy atom. The Bertz CT molecular complexity index is 689. The third kappa shape index (κ3) is 3.16. The average Bonchev–Trinajstić information content (AvgIpc) is 2.86. The normalized spacial score (nSPS) is 13.6. The van der Waals surface area contributed by atoms with Crippen molar-refractivity contribution in [1.29, 1.82) is 0 Å². The number of carbonyl (C=O) groups is 1. The first kappa shape index (κ1) is 14.9. The molecule has 1 amide bonds. The molecule has 1 atom stereocenters. The molecule has 0 aliphatic heterocycles. The van der Waals surface area contributed by atoms with Crippen LogP contribution in [0.2, 0.25) is 0 Å². The fourth-order valence-electron chi connectivity index (χ4n) is 2.13. The fraction of sp³-hybridized carbons (Fsp3) is 0.333. The van der Waals surface area contributed by atoms with Gasteiger partial charge in [0.2, 0.25) is 0 Å². The molecule has 0 radical (unpaired) electrons. The van der Waals surface area contributed by atoms with E-state index >= 15 is 0 Å². The van der Waals surface area contributed by atoms with Gasteiger partial charge in [0.05, 0.1) is 6.04 Å². The Hall–Kier alpha value is -2.50. The van der Waals surface area contributed by atoms with Crippen LogP contribution >= 0.6 is 0 Å². The van der Waals surface area contributed by atoms with E-state index in [4.69, 9.17) is 15.4 Å². The summed E-state index contributed by atoms with van der Waals surface area (Å²) in [6.07, 6.45) is 0. The molecular formula is C15H19N3O3. The van der Waals surface area contributed by atoms with E-state index in [-0.39, 0.29) is 17.5 Å². The van der Waals surface area contributed by atoms with Gasteiger partial charge in [-0.2, -0.15) is 0 Å². The molecule has 1 heterocycles. The number of amides is 1. The van der Waals surface area contributed by atoms with E-state index in [2.05, 4.69) is 10.5 Å². The monoisotopic (exact) mass is 289 g/mol. The number of aryl methyl sites for hydroxylation is 1. The minimum Gasteiger partial charge on any atom is -0.451 e. The molecule has 2 aromatic rings. The zero-order valence-corrected chi connectivity index (χ0v) is 12.3. The van der Waals surface area contributed by atoms with Crippen LogP contribution in [-0.2, 0) is 0 Å². The van der Waals surface area contributed by atoms with Gasteiger partial charge in [-0.05, 0) is 31.0 Å². The molecule has 0 spiro atoms. The first-order chi connectivity index (χ1) is 9.92. The molecule has 0 aliphatic carbocycles. The van der Waals surface area contributed by atoms with Crippen molar-refractivity contribution in [3.05, 3.63) is 35.6 Å². The molecule has 6 nitrogen and oxygen atoms in total. The van der Waals surface area contributed by atoms with Crippen LogP contribution < -0.4 is 11.1 Å². The van der Waals surface area contributed by atoms with Crippen LogP contribution in [0.25, 0.3) is 11.0 Å². The van der Waals surface area contributed by atoms with E-state index in [9.17, 15) is 4.79 Å². The van der Waals surface area contributed by atoms with Crippen molar-refractivity contribution in [2.24, 2.45) is 16.8 Å². The van der Waals surface area contributed by atoms with Crippen molar-refractivity contribution in [3.63, 3.8) is 0 Å². The van der Waals surface area contributed by atoms with Gasteiger partial charge in [0, 0.05) is 5.39 Å². The molecule has 0 saturated carbocycles. The highest BCUT2D eigenvalue weighted by atomic mass is 16.4. The second kappa shape index (κ2) is 5.87. The van der Waals surface area contributed by atoms with Gasteiger partial charge in [-0.3, -0.25) is 4.79 Å². The number of amidine groups is 1. The molecule has 0 saturated heterocycles. The lowest BCUT2D eigenvalue weighted by Crippen LogP contribution is -2.47. The molecule has 0 fully saturated rings. The van der Waals surface area contributed by atoms with E-state index in [1.54, 1.807) is 6.07 Å². The van der Waals surface area contributed by atoms with Crippen LogP contribution in [0.4, 0.5) is 0 Å². The van der Waals surface area contributed by atoms with Crippen molar-refractivity contribution < 1.29 is 14.4 Å². The Balaban J connectivity index is 2.25. The SMILES string of the molecule is Cc1ccc2oc(C(=O)NC(C(N)=NO)C(C)C)cc2c1. The number of nitrogens with zero attached hydrogens (tertiary/aromatic N) is 1. The predicted molar refractivity (Wildman–Crippen MR) is 80.5 cm³/mol. The van der Waals surface area contributed by atoms with Crippen LogP contribution in [0.15, 0.2) is 33.8 Å². The van der Waals surface area contributed by atoms with Crippen LogP contribution in [0.3, 0.4) is 0 Å². The zero-order chi connectivity index (χ0) is 15.6. The number of oxime groups is 1. The third-order valence-electron chi connectivity index (χ3n) is 3.28. The Morgan fingerprint density at radius 1 is 1.38 bits per heavy atom. The second-order valence-electron chi connectivity index (χ2n) is 5.37. The minimum absolute atomic E-state index is 0.0172. The van der Waals surface area contributed by atoms with Gasteiger partial charge < -0.3 is 20.7 Å². The molecule has 0 aliphatic rings. The van der Waals surface area contributed by atoms with Crippen molar-refractivity contribution in [2.75, 3.05) is 0 Å². The smallest absolute Gasteiger partial charge is 0.287 e. The number of rotatable bonds is 4. The average molecular weight is 289 g/mol. The first-order valence-electron chi connectivity index (χ1n) is 6.71. The molecule has 6 heteroatoms. The number of fused-ring (bicyclic) bond motifs is 1. The number of hydrogen-bond acceptors (Lipinski definition) is 4. The highest BCUT2D eigenvalue weighted by Crippen LogP contribution is 2.20. The molecule has 4 N–H and O–H groups in total. The molecule has 21 heavy (non-hydrogen) atoms. The summed E-state index contributed by atoms with van der Waals surface area (Å²) in [5.41, 5.74) is 7.33. The van der Waals surface area contributed by atoms with Gasteiger partial charge in [-0.15, -0.1) is 0 Å². The van der Waals surface area contributed by atoms with E-state index in [1.807, 2.05) is 39.0 Å². The quantitative estimate of drug-likeness (QED) is 0.348. The van der Waals surface area contributed by atoms with Gasteiger partial charge in [0.15, 0.2) is 11.6 Å². The molecule has 1 unspecified atom stereocenters. The van der Waals surface area contributed by atoms with Gasteiger partial charge in [-0.1, -0.05) is 30.6 Å². The summed E-state index contributed by atoms with van der Waals surface area (Å²) in [6.45, 7) is 5.70. The summed E-state index contributed by atoms with van der Waals surface area (Å²) in [7, 11) is 0. The minimum atomic E-state index is -0.558. The van der Waals surface area contributed by atoms with Gasteiger partial charge in [-0.25, -0.2) is 0 Å². The molecule has 1 aromatic carbocycles. The number of hydrogen-bond donors (Lipinski definition) is 3. The molecule has 1 aromatic heterocycles. The Morgan fingerprint density at radius 3 is 2.71 bits per heavy atom. The van der Waals surface area contributed by atoms with E-state index in [0.717, 1.165) is 10.9 Å². The lowest BCUT2D eigenvalue weighted by Gasteiger charge is -2.20. The number of nitrogens with one attached hydrogen (secondary N) is 1. The summed E-state index contributed by atoms with van der Waals surface area (Å²) in [5.74, 6) is -0.247. The molecule has 2 rings (SSSR count). The number of furan rings is 1. The van der Waals surface area contributed by atoms with Gasteiger partial charge in [0.1, 0.15) is 5.58 Å².